The number of pyridine rings is 1. The van der Waals surface area contributed by atoms with Gasteiger partial charge in [0, 0.05) is 24.0 Å². The fraction of sp³-hybridized carbons (Fsp3) is 0.105. The number of rotatable bonds is 8. The van der Waals surface area contributed by atoms with Gasteiger partial charge in [0.05, 0.1) is 19.1 Å². The molecule has 0 unspecified atom stereocenters. The summed E-state index contributed by atoms with van der Waals surface area (Å²) in [5.41, 5.74) is 2.16. The maximum atomic E-state index is 11.3. The van der Waals surface area contributed by atoms with E-state index in [9.17, 15) is 10.1 Å². The molecule has 0 bridgehead atoms. The Balaban J connectivity index is 1.85. The molecule has 8 nitrogen and oxygen atoms in total. The van der Waals surface area contributed by atoms with Crippen LogP contribution in [0.15, 0.2) is 60.8 Å². The van der Waals surface area contributed by atoms with Crippen molar-refractivity contribution in [2.75, 3.05) is 19.5 Å². The lowest BCUT2D eigenvalue weighted by Gasteiger charge is -2.10. The Morgan fingerprint density at radius 1 is 1.07 bits per heavy atom. The lowest BCUT2D eigenvalue weighted by atomic mass is 10.1. The van der Waals surface area contributed by atoms with Gasteiger partial charge >= 0.3 is 5.69 Å². The first-order chi connectivity index (χ1) is 13.6. The molecule has 0 aliphatic carbocycles. The number of aromatic nitrogens is 1. The SMILES string of the molecule is COSOc1cccc(Nc2cc(-c3ccc(OC)c([N+](=O)[O-])c3)ccn2)c1. The van der Waals surface area contributed by atoms with E-state index in [0.29, 0.717) is 17.1 Å². The molecule has 0 saturated carbocycles. The summed E-state index contributed by atoms with van der Waals surface area (Å²) in [6.07, 6.45) is 1.63. The highest BCUT2D eigenvalue weighted by molar-refractivity contribution is 7.90. The third-order valence-corrected chi connectivity index (χ3v) is 4.17. The Labute approximate surface area is 166 Å². The molecule has 1 N–H and O–H groups in total. The van der Waals surface area contributed by atoms with Gasteiger partial charge in [-0.05, 0) is 41.5 Å². The number of hydrogen-bond donors (Lipinski definition) is 1. The largest absolute Gasteiger partial charge is 0.490 e. The summed E-state index contributed by atoms with van der Waals surface area (Å²) < 4.78 is 15.2. The molecule has 0 fully saturated rings. The van der Waals surface area contributed by atoms with Gasteiger partial charge in [-0.25, -0.2) is 4.98 Å². The van der Waals surface area contributed by atoms with Gasteiger partial charge in [0.2, 0.25) is 12.3 Å². The molecule has 2 aromatic carbocycles. The van der Waals surface area contributed by atoms with E-state index in [4.69, 9.17) is 13.1 Å². The lowest BCUT2D eigenvalue weighted by molar-refractivity contribution is -0.385. The van der Waals surface area contributed by atoms with Crippen molar-refractivity contribution in [3.8, 4) is 22.6 Å². The van der Waals surface area contributed by atoms with Gasteiger partial charge in [-0.1, -0.05) is 12.1 Å². The molecule has 3 rings (SSSR count). The molecule has 9 heteroatoms. The van der Waals surface area contributed by atoms with Gasteiger partial charge < -0.3 is 14.2 Å². The number of nitrogens with zero attached hydrogens (tertiary/aromatic N) is 2. The summed E-state index contributed by atoms with van der Waals surface area (Å²) in [5, 5.41) is 14.4. The Hall–Kier alpha value is -3.30. The lowest BCUT2D eigenvalue weighted by Crippen LogP contribution is -1.96. The molecule has 1 aromatic heterocycles. The van der Waals surface area contributed by atoms with E-state index in [1.54, 1.807) is 36.5 Å². The van der Waals surface area contributed by atoms with Crippen molar-refractivity contribution in [1.29, 1.82) is 0 Å². The van der Waals surface area contributed by atoms with Gasteiger partial charge in [0.1, 0.15) is 11.6 Å². The average Bonchev–Trinajstić information content (AvgIpc) is 2.72. The summed E-state index contributed by atoms with van der Waals surface area (Å²) in [6.45, 7) is 0. The van der Waals surface area contributed by atoms with Crippen LogP contribution in [0, 0.1) is 10.1 Å². The van der Waals surface area contributed by atoms with Crippen LogP contribution in [0.3, 0.4) is 0 Å². The average molecular weight is 399 g/mol. The number of nitro groups is 1. The molecule has 1 heterocycles. The zero-order valence-electron chi connectivity index (χ0n) is 15.1. The fourth-order valence-corrected chi connectivity index (χ4v) is 2.79. The quantitative estimate of drug-likeness (QED) is 0.321. The smallest absolute Gasteiger partial charge is 0.311 e. The van der Waals surface area contributed by atoms with Gasteiger partial charge in [0.25, 0.3) is 0 Å². The summed E-state index contributed by atoms with van der Waals surface area (Å²) in [7, 11) is 2.92. The third-order valence-electron chi connectivity index (χ3n) is 3.77. The maximum Gasteiger partial charge on any atom is 0.311 e. The molecular weight excluding hydrogens is 382 g/mol. The molecular formula is C19H17N3O5S. The van der Waals surface area contributed by atoms with E-state index in [0.717, 1.165) is 23.6 Å². The van der Waals surface area contributed by atoms with Crippen LogP contribution in [0.2, 0.25) is 0 Å². The van der Waals surface area contributed by atoms with Crippen LogP contribution >= 0.6 is 12.3 Å². The van der Waals surface area contributed by atoms with Gasteiger partial charge in [0.15, 0.2) is 5.75 Å². The predicted octanol–water partition coefficient (Wildman–Crippen LogP) is 5.00. The second-order valence-electron chi connectivity index (χ2n) is 5.54. The highest BCUT2D eigenvalue weighted by atomic mass is 32.2. The summed E-state index contributed by atoms with van der Waals surface area (Å²) >= 11 is 0.874. The van der Waals surface area contributed by atoms with Gasteiger partial charge in [-0.2, -0.15) is 0 Å². The Morgan fingerprint density at radius 2 is 1.89 bits per heavy atom. The molecule has 0 radical (unpaired) electrons. The number of nitrogens with one attached hydrogen (secondary N) is 1. The molecule has 0 spiro atoms. The number of methoxy groups -OCH3 is 1. The van der Waals surface area contributed by atoms with E-state index in [2.05, 4.69) is 10.3 Å². The number of benzene rings is 2. The van der Waals surface area contributed by atoms with Crippen molar-refractivity contribution in [3.05, 3.63) is 70.9 Å². The molecule has 28 heavy (non-hydrogen) atoms. The minimum atomic E-state index is -0.466. The van der Waals surface area contributed by atoms with E-state index in [1.807, 2.05) is 18.2 Å². The minimum Gasteiger partial charge on any atom is -0.490 e. The summed E-state index contributed by atoms with van der Waals surface area (Å²) in [6, 6.07) is 15.7. The topological polar surface area (TPSA) is 95.8 Å². The third kappa shape index (κ3) is 4.70. The van der Waals surface area contributed by atoms with E-state index < -0.39 is 4.92 Å². The van der Waals surface area contributed by atoms with Crippen LogP contribution < -0.4 is 14.2 Å². The number of ether oxygens (including phenoxy) is 1. The first-order valence-corrected chi connectivity index (χ1v) is 8.80. The Bertz CT molecular complexity index is 983. The van der Waals surface area contributed by atoms with Crippen LogP contribution in [0.1, 0.15) is 0 Å². The molecule has 0 aliphatic heterocycles. The second kappa shape index (κ2) is 9.07. The maximum absolute atomic E-state index is 11.3. The van der Waals surface area contributed by atoms with E-state index in [1.165, 1.54) is 20.3 Å². The fourth-order valence-electron chi connectivity index (χ4n) is 2.54. The number of nitro benzene ring substituents is 1. The molecule has 0 amide bonds. The second-order valence-corrected chi connectivity index (χ2v) is 6.18. The molecule has 0 aliphatic rings. The number of anilines is 2. The standard InChI is InChI=1S/C19H17N3O5S/c1-25-18-7-6-13(10-17(18)22(23)24)14-8-9-20-19(11-14)21-15-4-3-5-16(12-15)27-28-26-2/h3-12H,1-2H3,(H,20,21). The predicted molar refractivity (Wildman–Crippen MR) is 108 cm³/mol. The monoisotopic (exact) mass is 399 g/mol. The van der Waals surface area contributed by atoms with Crippen molar-refractivity contribution < 1.29 is 18.0 Å². The highest BCUT2D eigenvalue weighted by Crippen LogP contribution is 2.33. The van der Waals surface area contributed by atoms with Crippen LogP contribution in [0.25, 0.3) is 11.1 Å². The molecule has 0 saturated heterocycles. The minimum absolute atomic E-state index is 0.0909. The molecule has 3 aromatic rings. The Kier molecular flexibility index (Phi) is 6.30. The van der Waals surface area contributed by atoms with Crippen molar-refractivity contribution in [2.45, 2.75) is 0 Å². The first kappa shape index (κ1) is 19.5. The Morgan fingerprint density at radius 3 is 2.64 bits per heavy atom. The van der Waals surface area contributed by atoms with Crippen LogP contribution in [0.5, 0.6) is 11.5 Å². The highest BCUT2D eigenvalue weighted by Gasteiger charge is 2.16. The van der Waals surface area contributed by atoms with Crippen molar-refractivity contribution in [2.24, 2.45) is 0 Å². The molecule has 144 valence electrons. The number of hydrogen-bond acceptors (Lipinski definition) is 8. The van der Waals surface area contributed by atoms with E-state index >= 15 is 0 Å². The summed E-state index contributed by atoms with van der Waals surface area (Å²) in [5.74, 6) is 1.43. The van der Waals surface area contributed by atoms with Gasteiger partial charge in [-0.3, -0.25) is 14.3 Å². The zero-order chi connectivity index (χ0) is 19.9. The normalized spacial score (nSPS) is 10.4. The van der Waals surface area contributed by atoms with Crippen molar-refractivity contribution in [3.63, 3.8) is 0 Å². The van der Waals surface area contributed by atoms with Crippen molar-refractivity contribution >= 4 is 29.5 Å². The zero-order valence-corrected chi connectivity index (χ0v) is 15.9. The molecule has 0 atom stereocenters. The summed E-state index contributed by atoms with van der Waals surface area (Å²) in [4.78, 5) is 15.1. The van der Waals surface area contributed by atoms with Crippen LogP contribution in [0.4, 0.5) is 17.2 Å². The van der Waals surface area contributed by atoms with Crippen LogP contribution in [-0.2, 0) is 4.18 Å². The van der Waals surface area contributed by atoms with Gasteiger partial charge in [-0.15, -0.1) is 0 Å². The van der Waals surface area contributed by atoms with E-state index in [-0.39, 0.29) is 11.4 Å². The first-order valence-electron chi connectivity index (χ1n) is 8.14. The van der Waals surface area contributed by atoms with Crippen LogP contribution in [-0.4, -0.2) is 24.1 Å². The van der Waals surface area contributed by atoms with Crippen molar-refractivity contribution in [1.82, 2.24) is 4.98 Å².